The minimum absolute atomic E-state index is 0.0224. The fourth-order valence-corrected chi connectivity index (χ4v) is 2.75. The third-order valence-electron chi connectivity index (χ3n) is 3.03. The van der Waals surface area contributed by atoms with Gasteiger partial charge in [0.2, 0.25) is 0 Å². The van der Waals surface area contributed by atoms with Gasteiger partial charge in [0.25, 0.3) is 0 Å². The maximum Gasteiger partial charge on any atom is 0.313 e. The lowest BCUT2D eigenvalue weighted by atomic mass is 9.87. The molecule has 2 rings (SSSR count). The molecular formula is C12H16N2O2S. The molecule has 0 aliphatic heterocycles. The first kappa shape index (κ1) is 12.4. The van der Waals surface area contributed by atoms with Crippen molar-refractivity contribution < 1.29 is 9.90 Å². The van der Waals surface area contributed by atoms with E-state index in [1.54, 1.807) is 0 Å². The first-order valence-corrected chi connectivity index (χ1v) is 6.76. The highest BCUT2D eigenvalue weighted by Crippen LogP contribution is 2.27. The van der Waals surface area contributed by atoms with Crippen molar-refractivity contribution >= 4 is 17.7 Å². The van der Waals surface area contributed by atoms with E-state index in [4.69, 9.17) is 5.11 Å². The minimum Gasteiger partial charge on any atom is -0.481 e. The lowest BCUT2D eigenvalue weighted by molar-refractivity contribution is -0.133. The fraction of sp³-hybridized carbons (Fsp3) is 0.583. The number of rotatable bonds is 3. The predicted octanol–water partition coefficient (Wildman–Crippen LogP) is 2.09. The second kappa shape index (κ2) is 5.04. The highest BCUT2D eigenvalue weighted by molar-refractivity contribution is 7.99. The maximum absolute atomic E-state index is 10.5. The molecule has 0 saturated carbocycles. The zero-order chi connectivity index (χ0) is 12.4. The summed E-state index contributed by atoms with van der Waals surface area (Å²) in [5.41, 5.74) is 3.39. The van der Waals surface area contributed by atoms with Gasteiger partial charge in [-0.1, -0.05) is 18.7 Å². The number of carbonyl (C=O) groups is 1. The van der Waals surface area contributed by atoms with Gasteiger partial charge < -0.3 is 5.11 Å². The number of aliphatic carboxylic acids is 1. The summed E-state index contributed by atoms with van der Waals surface area (Å²) in [4.78, 5) is 19.4. The van der Waals surface area contributed by atoms with Crippen molar-refractivity contribution in [1.82, 2.24) is 9.97 Å². The highest BCUT2D eigenvalue weighted by Gasteiger charge is 2.20. The normalized spacial score (nSPS) is 18.8. The Bertz CT molecular complexity index is 448. The van der Waals surface area contributed by atoms with E-state index in [0.29, 0.717) is 11.1 Å². The molecule has 1 unspecified atom stereocenters. The van der Waals surface area contributed by atoms with Crippen LogP contribution in [0.5, 0.6) is 0 Å². The van der Waals surface area contributed by atoms with Crippen molar-refractivity contribution in [2.45, 2.75) is 38.3 Å². The number of nitrogens with zero attached hydrogens (tertiary/aromatic N) is 2. The monoisotopic (exact) mass is 252 g/mol. The van der Waals surface area contributed by atoms with E-state index in [1.807, 2.05) is 6.92 Å². The molecule has 5 heteroatoms. The molecule has 0 fully saturated rings. The predicted molar refractivity (Wildman–Crippen MR) is 66.3 cm³/mol. The van der Waals surface area contributed by atoms with Crippen LogP contribution in [0, 0.1) is 12.8 Å². The van der Waals surface area contributed by atoms with Crippen LogP contribution in [-0.2, 0) is 17.6 Å². The largest absolute Gasteiger partial charge is 0.481 e. The Morgan fingerprint density at radius 2 is 2.29 bits per heavy atom. The van der Waals surface area contributed by atoms with Crippen LogP contribution in [-0.4, -0.2) is 26.8 Å². The van der Waals surface area contributed by atoms with Crippen molar-refractivity contribution in [2.24, 2.45) is 5.92 Å². The summed E-state index contributed by atoms with van der Waals surface area (Å²) < 4.78 is 0. The third-order valence-corrected chi connectivity index (χ3v) is 3.86. The lowest BCUT2D eigenvalue weighted by Gasteiger charge is -2.22. The molecule has 17 heavy (non-hydrogen) atoms. The molecule has 0 aromatic carbocycles. The summed E-state index contributed by atoms with van der Waals surface area (Å²) in [6.07, 6.45) is 3.19. The molecule has 1 aliphatic carbocycles. The summed E-state index contributed by atoms with van der Waals surface area (Å²) in [7, 11) is 0. The second-order valence-corrected chi connectivity index (χ2v) is 5.49. The average molecular weight is 252 g/mol. The topological polar surface area (TPSA) is 63.1 Å². The number of carboxylic acids is 1. The molecule has 0 bridgehead atoms. The number of hydrogen-bond donors (Lipinski definition) is 1. The van der Waals surface area contributed by atoms with Gasteiger partial charge in [0, 0.05) is 11.4 Å². The van der Waals surface area contributed by atoms with Crippen LogP contribution in [0.4, 0.5) is 0 Å². The van der Waals surface area contributed by atoms with Gasteiger partial charge in [0.1, 0.15) is 0 Å². The van der Waals surface area contributed by atoms with Crippen LogP contribution in [0.2, 0.25) is 0 Å². The molecule has 0 amide bonds. The van der Waals surface area contributed by atoms with E-state index in [0.717, 1.165) is 30.7 Å². The van der Waals surface area contributed by atoms with Crippen LogP contribution in [0.25, 0.3) is 0 Å². The summed E-state index contributed by atoms with van der Waals surface area (Å²) in [6.45, 7) is 4.23. The second-order valence-electron chi connectivity index (χ2n) is 4.55. The highest BCUT2D eigenvalue weighted by atomic mass is 32.2. The first-order chi connectivity index (χ1) is 8.06. The third kappa shape index (κ3) is 2.97. The van der Waals surface area contributed by atoms with Gasteiger partial charge in [-0.15, -0.1) is 0 Å². The van der Waals surface area contributed by atoms with Crippen molar-refractivity contribution in [1.29, 1.82) is 0 Å². The standard InChI is InChI=1S/C12H16N2O2S/c1-7-3-4-10-9(5-7)8(2)13-12(14-10)17-6-11(15)16/h7H,3-6H2,1-2H3,(H,15,16). The Labute approximate surface area is 105 Å². The Balaban J connectivity index is 2.22. The van der Waals surface area contributed by atoms with Gasteiger partial charge >= 0.3 is 5.97 Å². The molecule has 1 aromatic heterocycles. The van der Waals surface area contributed by atoms with Crippen molar-refractivity contribution in [3.63, 3.8) is 0 Å². The van der Waals surface area contributed by atoms with E-state index in [-0.39, 0.29) is 5.75 Å². The van der Waals surface area contributed by atoms with Crippen LogP contribution in [0.15, 0.2) is 5.16 Å². The number of aryl methyl sites for hydroxylation is 2. The SMILES string of the molecule is Cc1nc(SCC(=O)O)nc2c1CC(C)CC2. The number of thioether (sulfide) groups is 1. The van der Waals surface area contributed by atoms with E-state index >= 15 is 0 Å². The van der Waals surface area contributed by atoms with Gasteiger partial charge in [0.05, 0.1) is 5.75 Å². The smallest absolute Gasteiger partial charge is 0.313 e. The summed E-state index contributed by atoms with van der Waals surface area (Å²) in [5, 5.41) is 9.24. The number of aromatic nitrogens is 2. The van der Waals surface area contributed by atoms with E-state index < -0.39 is 5.97 Å². The van der Waals surface area contributed by atoms with Gasteiger partial charge in [-0.05, 0) is 37.7 Å². The van der Waals surface area contributed by atoms with Gasteiger partial charge in [-0.25, -0.2) is 9.97 Å². The number of hydrogen-bond acceptors (Lipinski definition) is 4. The van der Waals surface area contributed by atoms with Crippen LogP contribution in [0.1, 0.15) is 30.3 Å². The maximum atomic E-state index is 10.5. The van der Waals surface area contributed by atoms with Crippen molar-refractivity contribution in [3.05, 3.63) is 17.0 Å². The van der Waals surface area contributed by atoms with E-state index in [2.05, 4.69) is 16.9 Å². The van der Waals surface area contributed by atoms with Crippen LogP contribution < -0.4 is 0 Å². The fourth-order valence-electron chi connectivity index (χ4n) is 2.12. The molecule has 0 spiro atoms. The van der Waals surface area contributed by atoms with Gasteiger partial charge in [-0.3, -0.25) is 4.79 Å². The molecule has 1 heterocycles. The number of carboxylic acid groups (broad SMARTS) is 1. The molecule has 1 aromatic rings. The Morgan fingerprint density at radius 3 is 3.00 bits per heavy atom. The molecule has 0 saturated heterocycles. The molecule has 1 atom stereocenters. The molecule has 0 radical (unpaired) electrons. The molecule has 4 nitrogen and oxygen atoms in total. The van der Waals surface area contributed by atoms with Gasteiger partial charge in [-0.2, -0.15) is 0 Å². The van der Waals surface area contributed by atoms with Gasteiger partial charge in [0.15, 0.2) is 5.16 Å². The quantitative estimate of drug-likeness (QED) is 0.659. The summed E-state index contributed by atoms with van der Waals surface area (Å²) in [5.74, 6) is -0.112. The number of fused-ring (bicyclic) bond motifs is 1. The summed E-state index contributed by atoms with van der Waals surface area (Å²) >= 11 is 1.19. The van der Waals surface area contributed by atoms with Crippen LogP contribution in [0.3, 0.4) is 0 Å². The van der Waals surface area contributed by atoms with Crippen molar-refractivity contribution in [2.75, 3.05) is 5.75 Å². The molecular weight excluding hydrogens is 236 g/mol. The molecule has 1 N–H and O–H groups in total. The lowest BCUT2D eigenvalue weighted by Crippen LogP contribution is -2.16. The minimum atomic E-state index is -0.831. The zero-order valence-corrected chi connectivity index (χ0v) is 10.9. The van der Waals surface area contributed by atoms with Crippen molar-refractivity contribution in [3.8, 4) is 0 Å². The zero-order valence-electron chi connectivity index (χ0n) is 10.1. The Kier molecular flexibility index (Phi) is 3.66. The molecule has 92 valence electrons. The Morgan fingerprint density at radius 1 is 1.53 bits per heavy atom. The molecule has 1 aliphatic rings. The van der Waals surface area contributed by atoms with Crippen LogP contribution >= 0.6 is 11.8 Å². The van der Waals surface area contributed by atoms with E-state index in [9.17, 15) is 4.79 Å². The van der Waals surface area contributed by atoms with E-state index in [1.165, 1.54) is 17.3 Å². The average Bonchev–Trinajstić information content (AvgIpc) is 2.27. The first-order valence-electron chi connectivity index (χ1n) is 5.77. The Hall–Kier alpha value is -1.10. The summed E-state index contributed by atoms with van der Waals surface area (Å²) in [6, 6.07) is 0.